The molecule has 0 saturated carbocycles. The van der Waals surface area contributed by atoms with Gasteiger partial charge in [0.1, 0.15) is 5.75 Å². The van der Waals surface area contributed by atoms with Crippen LogP contribution in [0.15, 0.2) is 24.3 Å². The van der Waals surface area contributed by atoms with E-state index in [0.717, 1.165) is 25.3 Å². The maximum absolute atomic E-state index is 10.1. The van der Waals surface area contributed by atoms with Gasteiger partial charge in [-0.05, 0) is 57.7 Å². The summed E-state index contributed by atoms with van der Waals surface area (Å²) in [6.45, 7) is 13.6. The van der Waals surface area contributed by atoms with Crippen molar-refractivity contribution in [2.24, 2.45) is 5.92 Å². The number of hydrogen-bond acceptors (Lipinski definition) is 3. The average Bonchev–Trinajstić information content (AvgIpc) is 2.36. The molecule has 0 aromatic heterocycles. The SMILES string of the molecule is CC(C)CCOc1ccc(CNC(C)(C)C(C)(C)O)cc1. The van der Waals surface area contributed by atoms with Crippen LogP contribution in [-0.4, -0.2) is 22.9 Å². The van der Waals surface area contributed by atoms with Gasteiger partial charge in [0.15, 0.2) is 0 Å². The van der Waals surface area contributed by atoms with Crippen LogP contribution in [0, 0.1) is 5.92 Å². The minimum absolute atomic E-state index is 0.348. The van der Waals surface area contributed by atoms with Crippen LogP contribution >= 0.6 is 0 Å². The van der Waals surface area contributed by atoms with Crippen molar-refractivity contribution in [2.75, 3.05) is 6.61 Å². The molecule has 0 atom stereocenters. The fourth-order valence-corrected chi connectivity index (χ4v) is 1.66. The normalized spacial score (nSPS) is 12.8. The van der Waals surface area contributed by atoms with Gasteiger partial charge in [0.05, 0.1) is 12.2 Å². The van der Waals surface area contributed by atoms with Crippen molar-refractivity contribution < 1.29 is 9.84 Å². The first-order valence-corrected chi connectivity index (χ1v) is 7.81. The first kappa shape index (κ1) is 18.0. The van der Waals surface area contributed by atoms with Crippen LogP contribution in [0.2, 0.25) is 0 Å². The molecule has 0 radical (unpaired) electrons. The van der Waals surface area contributed by atoms with Gasteiger partial charge in [0.25, 0.3) is 0 Å². The third kappa shape index (κ3) is 6.06. The van der Waals surface area contributed by atoms with Crippen molar-refractivity contribution in [1.29, 1.82) is 0 Å². The van der Waals surface area contributed by atoms with Crippen LogP contribution < -0.4 is 10.1 Å². The Labute approximate surface area is 129 Å². The number of rotatable bonds is 8. The van der Waals surface area contributed by atoms with Crippen LogP contribution in [0.3, 0.4) is 0 Å². The zero-order chi connectivity index (χ0) is 16.1. The van der Waals surface area contributed by atoms with Crippen molar-refractivity contribution in [1.82, 2.24) is 5.32 Å². The summed E-state index contributed by atoms with van der Waals surface area (Å²) in [5.74, 6) is 1.58. The van der Waals surface area contributed by atoms with E-state index in [9.17, 15) is 5.11 Å². The summed E-state index contributed by atoms with van der Waals surface area (Å²) in [6.07, 6.45) is 1.07. The smallest absolute Gasteiger partial charge is 0.119 e. The molecule has 0 heterocycles. The lowest BCUT2D eigenvalue weighted by atomic mass is 9.86. The topological polar surface area (TPSA) is 41.5 Å². The zero-order valence-corrected chi connectivity index (χ0v) is 14.4. The van der Waals surface area contributed by atoms with E-state index in [0.29, 0.717) is 5.92 Å². The lowest BCUT2D eigenvalue weighted by molar-refractivity contribution is -0.00532. The molecule has 0 aliphatic carbocycles. The number of ether oxygens (including phenoxy) is 1. The van der Waals surface area contributed by atoms with Gasteiger partial charge < -0.3 is 15.2 Å². The van der Waals surface area contributed by atoms with Gasteiger partial charge in [-0.15, -0.1) is 0 Å². The summed E-state index contributed by atoms with van der Waals surface area (Å²) in [7, 11) is 0. The summed E-state index contributed by atoms with van der Waals surface area (Å²) in [4.78, 5) is 0. The van der Waals surface area contributed by atoms with E-state index in [2.05, 4.69) is 31.3 Å². The fourth-order valence-electron chi connectivity index (χ4n) is 1.66. The highest BCUT2D eigenvalue weighted by Gasteiger charge is 2.34. The highest BCUT2D eigenvalue weighted by Crippen LogP contribution is 2.21. The predicted molar refractivity (Wildman–Crippen MR) is 88.6 cm³/mol. The molecule has 0 fully saturated rings. The third-order valence-corrected chi connectivity index (χ3v) is 4.15. The quantitative estimate of drug-likeness (QED) is 0.767. The van der Waals surface area contributed by atoms with Crippen LogP contribution in [0.25, 0.3) is 0 Å². The standard InChI is InChI=1S/C18H31NO2/c1-14(2)11-12-21-16-9-7-15(8-10-16)13-19-17(3,4)18(5,6)20/h7-10,14,19-20H,11-13H2,1-6H3. The van der Waals surface area contributed by atoms with E-state index in [4.69, 9.17) is 4.74 Å². The van der Waals surface area contributed by atoms with Crippen LogP contribution in [-0.2, 0) is 6.54 Å². The van der Waals surface area contributed by atoms with E-state index in [1.807, 2.05) is 39.8 Å². The predicted octanol–water partition coefficient (Wildman–Crippen LogP) is 3.75. The number of hydrogen-bond donors (Lipinski definition) is 2. The summed E-state index contributed by atoms with van der Waals surface area (Å²) in [5, 5.41) is 13.5. The molecule has 0 aliphatic rings. The number of nitrogens with one attached hydrogen (secondary N) is 1. The van der Waals surface area contributed by atoms with Gasteiger partial charge in [-0.1, -0.05) is 26.0 Å². The van der Waals surface area contributed by atoms with E-state index in [1.54, 1.807) is 0 Å². The Morgan fingerprint density at radius 2 is 1.67 bits per heavy atom. The molecule has 0 spiro atoms. The maximum Gasteiger partial charge on any atom is 0.119 e. The van der Waals surface area contributed by atoms with Crippen LogP contribution in [0.4, 0.5) is 0 Å². The van der Waals surface area contributed by atoms with Crippen LogP contribution in [0.5, 0.6) is 5.75 Å². The molecule has 1 rings (SSSR count). The molecular weight excluding hydrogens is 262 g/mol. The monoisotopic (exact) mass is 293 g/mol. The largest absolute Gasteiger partial charge is 0.494 e. The Hall–Kier alpha value is -1.06. The Kier molecular flexibility index (Phi) is 6.24. The van der Waals surface area contributed by atoms with Gasteiger partial charge in [-0.3, -0.25) is 0 Å². The van der Waals surface area contributed by atoms with E-state index >= 15 is 0 Å². The maximum atomic E-state index is 10.1. The molecule has 0 bridgehead atoms. The zero-order valence-electron chi connectivity index (χ0n) is 14.4. The van der Waals surface area contributed by atoms with Crippen molar-refractivity contribution in [3.63, 3.8) is 0 Å². The second kappa shape index (κ2) is 7.28. The van der Waals surface area contributed by atoms with Gasteiger partial charge >= 0.3 is 0 Å². The molecule has 0 amide bonds. The highest BCUT2D eigenvalue weighted by molar-refractivity contribution is 5.27. The van der Waals surface area contributed by atoms with Gasteiger partial charge in [-0.25, -0.2) is 0 Å². The number of benzene rings is 1. The third-order valence-electron chi connectivity index (χ3n) is 4.15. The Balaban J connectivity index is 2.48. The first-order valence-electron chi connectivity index (χ1n) is 7.81. The molecule has 1 aromatic rings. The Bertz CT molecular complexity index is 416. The molecule has 1 aromatic carbocycles. The molecule has 2 N–H and O–H groups in total. The van der Waals surface area contributed by atoms with Crippen molar-refractivity contribution in [3.8, 4) is 5.75 Å². The van der Waals surface area contributed by atoms with Gasteiger partial charge in [0.2, 0.25) is 0 Å². The second-order valence-electron chi connectivity index (χ2n) is 7.21. The van der Waals surface area contributed by atoms with Crippen LogP contribution in [0.1, 0.15) is 53.5 Å². The minimum atomic E-state index is -0.771. The minimum Gasteiger partial charge on any atom is -0.494 e. The van der Waals surface area contributed by atoms with Gasteiger partial charge in [-0.2, -0.15) is 0 Å². The first-order chi connectivity index (χ1) is 9.62. The van der Waals surface area contributed by atoms with E-state index in [1.165, 1.54) is 5.56 Å². The lowest BCUT2D eigenvalue weighted by Gasteiger charge is -2.38. The van der Waals surface area contributed by atoms with Gasteiger partial charge in [0, 0.05) is 12.1 Å². The van der Waals surface area contributed by atoms with Crippen molar-refractivity contribution in [2.45, 2.75) is 65.6 Å². The van der Waals surface area contributed by atoms with E-state index < -0.39 is 5.60 Å². The molecule has 3 heteroatoms. The summed E-state index contributed by atoms with van der Waals surface area (Å²) < 4.78 is 5.71. The molecule has 0 saturated heterocycles. The Morgan fingerprint density at radius 1 is 1.10 bits per heavy atom. The highest BCUT2D eigenvalue weighted by atomic mass is 16.5. The van der Waals surface area contributed by atoms with E-state index in [-0.39, 0.29) is 5.54 Å². The second-order valence-corrected chi connectivity index (χ2v) is 7.21. The molecule has 120 valence electrons. The lowest BCUT2D eigenvalue weighted by Crippen LogP contribution is -2.55. The molecule has 3 nitrogen and oxygen atoms in total. The summed E-state index contributed by atoms with van der Waals surface area (Å²) >= 11 is 0. The average molecular weight is 293 g/mol. The molecule has 0 aliphatic heterocycles. The summed E-state index contributed by atoms with van der Waals surface area (Å²) in [6, 6.07) is 8.15. The Morgan fingerprint density at radius 3 is 2.14 bits per heavy atom. The molecule has 21 heavy (non-hydrogen) atoms. The number of aliphatic hydroxyl groups is 1. The molecular formula is C18H31NO2. The summed E-state index contributed by atoms with van der Waals surface area (Å²) in [5.41, 5.74) is 0.0651. The van der Waals surface area contributed by atoms with Crippen molar-refractivity contribution in [3.05, 3.63) is 29.8 Å². The van der Waals surface area contributed by atoms with Crippen molar-refractivity contribution >= 4 is 0 Å². The fraction of sp³-hybridized carbons (Fsp3) is 0.667. The molecule has 0 unspecified atom stereocenters.